The Kier molecular flexibility index (Phi) is 5.09. The summed E-state index contributed by atoms with van der Waals surface area (Å²) in [4.78, 5) is 19.0. The van der Waals surface area contributed by atoms with Gasteiger partial charge < -0.3 is 25.4 Å². The number of likely N-dealkylation sites (tertiary alicyclic amines) is 1. The second kappa shape index (κ2) is 7.40. The Morgan fingerprint density at radius 3 is 2.93 bits per heavy atom. The van der Waals surface area contributed by atoms with Gasteiger partial charge in [-0.2, -0.15) is 0 Å². The van der Waals surface area contributed by atoms with Crippen molar-refractivity contribution in [1.82, 2.24) is 9.88 Å². The summed E-state index contributed by atoms with van der Waals surface area (Å²) in [5, 5.41) is 4.40. The molecule has 2 aliphatic rings. The van der Waals surface area contributed by atoms with Crippen LogP contribution in [0.4, 0.5) is 9.93 Å². The van der Waals surface area contributed by atoms with Crippen LogP contribution in [0.1, 0.15) is 39.2 Å². The van der Waals surface area contributed by atoms with Gasteiger partial charge in [0.1, 0.15) is 11.4 Å². The number of hydrogen-bond acceptors (Lipinski definition) is 7. The number of nitrogens with zero attached hydrogens (tertiary/aromatic N) is 2. The molecule has 1 aromatic heterocycles. The minimum absolute atomic E-state index is 0.0477. The van der Waals surface area contributed by atoms with Crippen LogP contribution in [0.3, 0.4) is 0 Å². The first-order valence-electron chi connectivity index (χ1n) is 9.85. The molecule has 4 rings (SSSR count). The molecule has 2 aliphatic heterocycles. The molecule has 8 heteroatoms. The lowest BCUT2D eigenvalue weighted by atomic mass is 10.0. The molecule has 0 radical (unpaired) electrons. The first-order valence-corrected chi connectivity index (χ1v) is 10.7. The molecule has 1 amide bonds. The Balaban J connectivity index is 1.45. The predicted molar refractivity (Wildman–Crippen MR) is 111 cm³/mol. The van der Waals surface area contributed by atoms with Crippen LogP contribution in [0, 0.1) is 0 Å². The van der Waals surface area contributed by atoms with Gasteiger partial charge in [0.05, 0.1) is 16.8 Å². The normalized spacial score (nSPS) is 22.5. The first kappa shape index (κ1) is 19.3. The van der Waals surface area contributed by atoms with Gasteiger partial charge in [-0.15, -0.1) is 0 Å². The van der Waals surface area contributed by atoms with E-state index in [1.54, 1.807) is 16.2 Å². The summed E-state index contributed by atoms with van der Waals surface area (Å²) < 4.78 is 12.3. The van der Waals surface area contributed by atoms with Gasteiger partial charge in [-0.1, -0.05) is 11.3 Å². The van der Waals surface area contributed by atoms with Crippen LogP contribution in [0.5, 0.6) is 5.75 Å². The number of carbonyl (C=O) groups excluding carboxylic acids is 1. The Morgan fingerprint density at radius 1 is 1.36 bits per heavy atom. The number of nitrogens with two attached hydrogens (primary N) is 1. The number of benzene rings is 1. The molecular formula is C20H28N4O3S. The Labute approximate surface area is 169 Å². The van der Waals surface area contributed by atoms with Gasteiger partial charge in [-0.3, -0.25) is 0 Å². The summed E-state index contributed by atoms with van der Waals surface area (Å²) >= 11 is 1.64. The molecule has 1 saturated heterocycles. The van der Waals surface area contributed by atoms with Gasteiger partial charge >= 0.3 is 6.09 Å². The van der Waals surface area contributed by atoms with Gasteiger partial charge in [0.25, 0.3) is 0 Å². The van der Waals surface area contributed by atoms with Crippen molar-refractivity contribution in [2.45, 2.75) is 57.7 Å². The fourth-order valence-electron chi connectivity index (χ4n) is 3.71. The van der Waals surface area contributed by atoms with Crippen LogP contribution >= 0.6 is 11.3 Å². The number of hydrogen-bond donors (Lipinski definition) is 2. The fraction of sp³-hybridized carbons (Fsp3) is 0.600. The Hall–Kier alpha value is -2.06. The lowest BCUT2D eigenvalue weighted by molar-refractivity contribution is 0.0256. The standard InChI is InChI=1S/C20H28N4O3S/c1-20(2,3)27-19(25)24-9-6-13(21)14(7-10-24)22-18-23-17-12-8-11-26-15(12)4-5-16(17)28-18/h4-5,13-14H,6-11,21H2,1-3H3,(H,22,23)/t13-,14+/m0/s1. The molecule has 1 fully saturated rings. The molecule has 0 spiro atoms. The van der Waals surface area contributed by atoms with E-state index in [1.165, 1.54) is 5.56 Å². The van der Waals surface area contributed by atoms with E-state index >= 15 is 0 Å². The summed E-state index contributed by atoms with van der Waals surface area (Å²) in [6.07, 6.45) is 2.13. The molecular weight excluding hydrogens is 376 g/mol. The van der Waals surface area contributed by atoms with Crippen molar-refractivity contribution < 1.29 is 14.3 Å². The van der Waals surface area contributed by atoms with Crippen LogP contribution in [0.25, 0.3) is 10.2 Å². The van der Waals surface area contributed by atoms with E-state index in [2.05, 4.69) is 11.4 Å². The second-order valence-electron chi connectivity index (χ2n) is 8.47. The lowest BCUT2D eigenvalue weighted by Gasteiger charge is -2.26. The lowest BCUT2D eigenvalue weighted by Crippen LogP contribution is -2.40. The van der Waals surface area contributed by atoms with Crippen molar-refractivity contribution in [3.63, 3.8) is 0 Å². The van der Waals surface area contributed by atoms with E-state index < -0.39 is 5.60 Å². The van der Waals surface area contributed by atoms with Crippen LogP contribution < -0.4 is 15.8 Å². The summed E-state index contributed by atoms with van der Waals surface area (Å²) in [6, 6.07) is 4.12. The smallest absolute Gasteiger partial charge is 0.410 e. The van der Waals surface area contributed by atoms with E-state index in [1.807, 2.05) is 26.8 Å². The van der Waals surface area contributed by atoms with E-state index in [-0.39, 0.29) is 18.2 Å². The summed E-state index contributed by atoms with van der Waals surface area (Å²) in [5.41, 5.74) is 8.15. The van der Waals surface area contributed by atoms with E-state index in [0.717, 1.165) is 47.0 Å². The van der Waals surface area contributed by atoms with Gasteiger partial charge in [0.2, 0.25) is 0 Å². The minimum atomic E-state index is -0.492. The van der Waals surface area contributed by atoms with E-state index in [4.69, 9.17) is 20.2 Å². The highest BCUT2D eigenvalue weighted by molar-refractivity contribution is 7.22. The largest absolute Gasteiger partial charge is 0.493 e. The number of carbonyl (C=O) groups is 1. The molecule has 7 nitrogen and oxygen atoms in total. The van der Waals surface area contributed by atoms with Crippen molar-refractivity contribution in [2.24, 2.45) is 5.73 Å². The van der Waals surface area contributed by atoms with Crippen LogP contribution in [-0.4, -0.2) is 53.4 Å². The minimum Gasteiger partial charge on any atom is -0.493 e. The molecule has 3 heterocycles. The molecule has 0 aliphatic carbocycles. The maximum absolute atomic E-state index is 12.4. The zero-order valence-corrected chi connectivity index (χ0v) is 17.5. The topological polar surface area (TPSA) is 89.7 Å². The molecule has 0 saturated carbocycles. The number of amides is 1. The first-order chi connectivity index (χ1) is 13.3. The summed E-state index contributed by atoms with van der Waals surface area (Å²) in [7, 11) is 0. The molecule has 28 heavy (non-hydrogen) atoms. The van der Waals surface area contributed by atoms with Crippen molar-refractivity contribution >= 4 is 32.8 Å². The number of fused-ring (bicyclic) bond motifs is 3. The second-order valence-corrected chi connectivity index (χ2v) is 9.50. The average Bonchev–Trinajstić information content (AvgIpc) is 3.19. The number of aromatic nitrogens is 1. The van der Waals surface area contributed by atoms with Crippen LogP contribution in [0.15, 0.2) is 12.1 Å². The number of nitrogens with one attached hydrogen (secondary N) is 1. The fourth-order valence-corrected chi connectivity index (χ4v) is 4.66. The maximum Gasteiger partial charge on any atom is 0.410 e. The predicted octanol–water partition coefficient (Wildman–Crippen LogP) is 3.37. The third-order valence-electron chi connectivity index (χ3n) is 5.15. The van der Waals surface area contributed by atoms with Crippen molar-refractivity contribution in [2.75, 3.05) is 25.0 Å². The highest BCUT2D eigenvalue weighted by Crippen LogP contribution is 2.36. The highest BCUT2D eigenvalue weighted by atomic mass is 32.1. The van der Waals surface area contributed by atoms with E-state index in [9.17, 15) is 4.79 Å². The highest BCUT2D eigenvalue weighted by Gasteiger charge is 2.29. The van der Waals surface area contributed by atoms with Crippen molar-refractivity contribution in [1.29, 1.82) is 0 Å². The van der Waals surface area contributed by atoms with Crippen molar-refractivity contribution in [3.05, 3.63) is 17.7 Å². The van der Waals surface area contributed by atoms with Gasteiger partial charge in [0, 0.05) is 37.2 Å². The number of anilines is 1. The summed E-state index contributed by atoms with van der Waals surface area (Å²) in [6.45, 7) is 7.60. The quantitative estimate of drug-likeness (QED) is 0.798. The Morgan fingerprint density at radius 2 is 2.14 bits per heavy atom. The van der Waals surface area contributed by atoms with Gasteiger partial charge in [-0.05, 0) is 45.7 Å². The SMILES string of the molecule is CC(C)(C)OC(=O)N1CC[C@H](N)[C@H](Nc2nc3c4c(ccc3s2)OCC4)CC1. The number of thiazole rings is 1. The zero-order valence-electron chi connectivity index (χ0n) is 16.7. The molecule has 152 valence electrons. The van der Waals surface area contributed by atoms with E-state index in [0.29, 0.717) is 13.1 Å². The molecule has 0 bridgehead atoms. The molecule has 1 aromatic carbocycles. The maximum atomic E-state index is 12.4. The molecule has 3 N–H and O–H groups in total. The number of rotatable bonds is 2. The monoisotopic (exact) mass is 404 g/mol. The molecule has 2 atom stereocenters. The zero-order chi connectivity index (χ0) is 19.9. The van der Waals surface area contributed by atoms with Crippen molar-refractivity contribution in [3.8, 4) is 5.75 Å². The third-order valence-corrected chi connectivity index (χ3v) is 6.10. The number of ether oxygens (including phenoxy) is 2. The van der Waals surface area contributed by atoms with Crippen LogP contribution in [-0.2, 0) is 11.2 Å². The average molecular weight is 405 g/mol. The third kappa shape index (κ3) is 4.03. The van der Waals surface area contributed by atoms with Crippen LogP contribution in [0.2, 0.25) is 0 Å². The molecule has 2 aromatic rings. The Bertz CT molecular complexity index is 876. The molecule has 0 unspecified atom stereocenters. The van der Waals surface area contributed by atoms with Gasteiger partial charge in [0.15, 0.2) is 5.13 Å². The summed E-state index contributed by atoms with van der Waals surface area (Å²) in [5.74, 6) is 0.948. The van der Waals surface area contributed by atoms with Gasteiger partial charge in [-0.25, -0.2) is 9.78 Å².